The van der Waals surface area contributed by atoms with Crippen LogP contribution in [-0.2, 0) is 32.3 Å². The number of hydrogen-bond donors (Lipinski definition) is 1. The summed E-state index contributed by atoms with van der Waals surface area (Å²) in [7, 11) is 0. The van der Waals surface area contributed by atoms with Crippen LogP contribution in [0.25, 0.3) is 0 Å². The van der Waals surface area contributed by atoms with Crippen molar-refractivity contribution in [3.63, 3.8) is 0 Å². The molecule has 80 valence electrons. The molecule has 0 spiro atoms. The first-order valence-corrected chi connectivity index (χ1v) is 4.88. The number of nitrogens with zero attached hydrogens (tertiary/aromatic N) is 2. The predicted octanol–water partition coefficient (Wildman–Crippen LogP) is 0.208. The summed E-state index contributed by atoms with van der Waals surface area (Å²) >= 11 is -1.76. The third-order valence-electron chi connectivity index (χ3n) is 2.00. The Morgan fingerprint density at radius 1 is 1.31 bits per heavy atom. The molecule has 1 N–H and O–H groups in total. The van der Waals surface area contributed by atoms with E-state index in [2.05, 4.69) is 11.8 Å². The standard InChI is InChI=1S/C6H14N2O2S.CH3.W/c1-2-7-3-5-8(6-4-7)11(9)10;;/h2-6H2,1H3,(H,9,10);1H3;/q;-1;. The Bertz CT molecular complexity index is 151. The molecule has 0 amide bonds. The Labute approximate surface area is 97.3 Å². The van der Waals surface area contributed by atoms with Gasteiger partial charge < -0.3 is 12.3 Å². The maximum Gasteiger partial charge on any atom is 0.234 e. The van der Waals surface area contributed by atoms with Crippen LogP contribution in [0.2, 0.25) is 0 Å². The van der Waals surface area contributed by atoms with Gasteiger partial charge in [-0.3, -0.25) is 4.55 Å². The van der Waals surface area contributed by atoms with Crippen molar-refractivity contribution in [2.24, 2.45) is 0 Å². The van der Waals surface area contributed by atoms with E-state index in [-0.39, 0.29) is 28.5 Å². The van der Waals surface area contributed by atoms with E-state index < -0.39 is 11.3 Å². The number of rotatable bonds is 2. The summed E-state index contributed by atoms with van der Waals surface area (Å²) in [6.07, 6.45) is 0. The summed E-state index contributed by atoms with van der Waals surface area (Å²) in [6.45, 7) is 6.36. The molecule has 1 atom stereocenters. The molecule has 1 saturated heterocycles. The fourth-order valence-electron chi connectivity index (χ4n) is 1.20. The number of piperazine rings is 1. The third-order valence-corrected chi connectivity index (χ3v) is 2.81. The maximum atomic E-state index is 10.6. The Hall–Kier alpha value is 0.718. The van der Waals surface area contributed by atoms with Crippen LogP contribution in [0.4, 0.5) is 0 Å². The first-order chi connectivity index (χ1) is 5.24. The van der Waals surface area contributed by atoms with Crippen LogP contribution in [0.3, 0.4) is 0 Å². The van der Waals surface area contributed by atoms with Gasteiger partial charge in [0.25, 0.3) is 0 Å². The van der Waals surface area contributed by atoms with E-state index >= 15 is 0 Å². The van der Waals surface area contributed by atoms with E-state index in [1.165, 1.54) is 0 Å². The van der Waals surface area contributed by atoms with Crippen molar-refractivity contribution < 1.29 is 29.8 Å². The monoisotopic (exact) mass is 377 g/mol. The van der Waals surface area contributed by atoms with Crippen molar-refractivity contribution in [1.29, 1.82) is 0 Å². The van der Waals surface area contributed by atoms with Gasteiger partial charge in [0.2, 0.25) is 11.3 Å². The molecule has 1 heterocycles. The summed E-state index contributed by atoms with van der Waals surface area (Å²) in [4.78, 5) is 2.27. The number of hydrogen-bond acceptors (Lipinski definition) is 2. The Morgan fingerprint density at radius 2 is 1.77 bits per heavy atom. The molecule has 0 aromatic heterocycles. The zero-order chi connectivity index (χ0) is 8.27. The minimum absolute atomic E-state index is 0. The average Bonchev–Trinajstić information content (AvgIpc) is 2.05. The van der Waals surface area contributed by atoms with Crippen LogP contribution in [0.5, 0.6) is 0 Å². The second kappa shape index (κ2) is 8.06. The predicted molar refractivity (Wildman–Crippen MR) is 50.9 cm³/mol. The van der Waals surface area contributed by atoms with Gasteiger partial charge in [-0.2, -0.15) is 4.31 Å². The van der Waals surface area contributed by atoms with Crippen LogP contribution in [0.15, 0.2) is 0 Å². The fraction of sp³-hybridized carbons (Fsp3) is 0.857. The van der Waals surface area contributed by atoms with Crippen molar-refractivity contribution in [2.75, 3.05) is 32.7 Å². The van der Waals surface area contributed by atoms with Gasteiger partial charge in [0.15, 0.2) is 0 Å². The second-order valence-electron chi connectivity index (χ2n) is 2.59. The van der Waals surface area contributed by atoms with Crippen molar-refractivity contribution in [1.82, 2.24) is 9.21 Å². The van der Waals surface area contributed by atoms with Crippen LogP contribution >= 0.6 is 0 Å². The smallest absolute Gasteiger partial charge is 0.234 e. The molecule has 6 heteroatoms. The molecule has 0 radical (unpaired) electrons. The van der Waals surface area contributed by atoms with Crippen molar-refractivity contribution >= 4 is 11.3 Å². The largest absolute Gasteiger partial charge is 0.358 e. The van der Waals surface area contributed by atoms with Crippen LogP contribution in [-0.4, -0.2) is 50.7 Å². The second-order valence-corrected chi connectivity index (χ2v) is 3.57. The quantitative estimate of drug-likeness (QED) is 0.553. The summed E-state index contributed by atoms with van der Waals surface area (Å²) in [5, 5.41) is 0. The van der Waals surface area contributed by atoms with Crippen LogP contribution in [0.1, 0.15) is 6.92 Å². The van der Waals surface area contributed by atoms with Gasteiger partial charge in [0.05, 0.1) is 0 Å². The SMILES string of the molecule is CCN1CCN(S(=O)O)CC1.[CH3-].[W]. The van der Waals surface area contributed by atoms with Gasteiger partial charge in [-0.25, -0.2) is 4.21 Å². The van der Waals surface area contributed by atoms with Crippen molar-refractivity contribution in [2.45, 2.75) is 6.92 Å². The average molecular weight is 377 g/mol. The van der Waals surface area contributed by atoms with E-state index in [1.54, 1.807) is 4.31 Å². The van der Waals surface area contributed by atoms with E-state index in [1.807, 2.05) is 0 Å². The van der Waals surface area contributed by atoms with Gasteiger partial charge in [0.1, 0.15) is 0 Å². The molecule has 0 saturated carbocycles. The van der Waals surface area contributed by atoms with Crippen molar-refractivity contribution in [3.8, 4) is 0 Å². The summed E-state index contributed by atoms with van der Waals surface area (Å²) < 4.78 is 20.9. The Balaban J connectivity index is 0. The maximum absolute atomic E-state index is 10.6. The van der Waals surface area contributed by atoms with Gasteiger partial charge >= 0.3 is 0 Å². The summed E-state index contributed by atoms with van der Waals surface area (Å²) in [5.41, 5.74) is 0. The molecule has 0 bridgehead atoms. The zero-order valence-electron chi connectivity index (χ0n) is 8.10. The van der Waals surface area contributed by atoms with E-state index in [4.69, 9.17) is 4.55 Å². The minimum atomic E-state index is -1.76. The molecular weight excluding hydrogens is 360 g/mol. The summed E-state index contributed by atoms with van der Waals surface area (Å²) in [6, 6.07) is 0. The molecule has 1 fully saturated rings. The Kier molecular flexibility index (Phi) is 10.0. The molecular formula is C7H17N2O2SW-. The Morgan fingerprint density at radius 3 is 2.08 bits per heavy atom. The molecule has 4 nitrogen and oxygen atoms in total. The minimum Gasteiger partial charge on any atom is -0.358 e. The summed E-state index contributed by atoms with van der Waals surface area (Å²) in [5.74, 6) is 0. The molecule has 0 aromatic carbocycles. The molecule has 1 aliphatic rings. The van der Waals surface area contributed by atoms with Crippen LogP contribution in [0, 0.1) is 7.43 Å². The molecule has 13 heavy (non-hydrogen) atoms. The molecule has 0 aromatic rings. The first-order valence-electron chi connectivity index (χ1n) is 3.82. The molecule has 0 aliphatic carbocycles. The fourth-order valence-corrected chi connectivity index (χ4v) is 1.68. The van der Waals surface area contributed by atoms with E-state index in [0.29, 0.717) is 13.1 Å². The van der Waals surface area contributed by atoms with E-state index in [9.17, 15) is 4.21 Å². The number of likely N-dealkylation sites (N-methyl/N-ethyl adjacent to an activating group) is 1. The topological polar surface area (TPSA) is 43.8 Å². The zero-order valence-corrected chi connectivity index (χ0v) is 11.9. The van der Waals surface area contributed by atoms with Crippen LogP contribution < -0.4 is 0 Å². The van der Waals surface area contributed by atoms with E-state index in [0.717, 1.165) is 19.6 Å². The van der Waals surface area contributed by atoms with Gasteiger partial charge in [-0.1, -0.05) is 6.92 Å². The van der Waals surface area contributed by atoms with Crippen molar-refractivity contribution in [3.05, 3.63) is 7.43 Å². The van der Waals surface area contributed by atoms with Gasteiger partial charge in [0, 0.05) is 47.2 Å². The van der Waals surface area contributed by atoms with Gasteiger partial charge in [-0.05, 0) is 6.54 Å². The molecule has 1 aliphatic heterocycles. The molecule has 1 unspecified atom stereocenters. The first kappa shape index (κ1) is 16.2. The normalized spacial score (nSPS) is 21.4. The molecule has 1 rings (SSSR count). The third kappa shape index (κ3) is 5.23. The van der Waals surface area contributed by atoms with Gasteiger partial charge in [-0.15, -0.1) is 0 Å².